The molecule has 4 rings (SSSR count). The average Bonchev–Trinajstić information content (AvgIpc) is 3.46. The Balaban J connectivity index is 1.39. The third kappa shape index (κ3) is 5.12. The minimum atomic E-state index is -4.50. The number of nitrogens with one attached hydrogen (secondary N) is 1. The predicted octanol–water partition coefficient (Wildman–Crippen LogP) is 5.21. The lowest BCUT2D eigenvalue weighted by Crippen LogP contribution is -2.12. The molecular weight excluding hydrogens is 488 g/mol. The lowest BCUT2D eigenvalue weighted by atomic mass is 10.2. The molecule has 4 aromatic rings. The molecule has 0 unspecified atom stereocenters. The molecule has 0 radical (unpaired) electrons. The Morgan fingerprint density at radius 1 is 1.09 bits per heavy atom. The zero-order chi connectivity index (χ0) is 22.9. The molecule has 0 bridgehead atoms. The van der Waals surface area contributed by atoms with Gasteiger partial charge in [0.1, 0.15) is 6.33 Å². The zero-order valence-corrected chi connectivity index (χ0v) is 18.3. The van der Waals surface area contributed by atoms with E-state index < -0.39 is 17.8 Å². The highest BCUT2D eigenvalue weighted by Crippen LogP contribution is 2.28. The van der Waals surface area contributed by atoms with Crippen molar-refractivity contribution in [2.24, 2.45) is 0 Å². The van der Waals surface area contributed by atoms with E-state index in [0.717, 1.165) is 22.1 Å². The summed E-state index contributed by atoms with van der Waals surface area (Å²) in [6.45, 7) is 0.375. The van der Waals surface area contributed by atoms with E-state index in [1.54, 1.807) is 29.6 Å². The molecule has 0 atom stereocenters. The minimum absolute atomic E-state index is 0.0926. The molecule has 13 heteroatoms. The first-order valence-electron chi connectivity index (χ1n) is 9.01. The van der Waals surface area contributed by atoms with Crippen molar-refractivity contribution in [3.63, 3.8) is 0 Å². The van der Waals surface area contributed by atoms with E-state index in [2.05, 4.69) is 20.5 Å². The molecule has 3 heterocycles. The number of rotatable bonds is 6. The van der Waals surface area contributed by atoms with Gasteiger partial charge in [-0.15, -0.1) is 16.4 Å². The van der Waals surface area contributed by atoms with E-state index in [-0.39, 0.29) is 19.0 Å². The van der Waals surface area contributed by atoms with Crippen molar-refractivity contribution in [3.05, 3.63) is 80.0 Å². The highest BCUT2D eigenvalue weighted by molar-refractivity contribution is 7.12. The van der Waals surface area contributed by atoms with Crippen molar-refractivity contribution < 1.29 is 18.0 Å². The third-order valence-corrected chi connectivity index (χ3v) is 5.98. The SMILES string of the molecule is O=C(Nc1ncn(Cc2c(Cl)cccc2Cl)n1)c1cc(Cn2ccc(C(F)(F)F)n2)cs1. The number of carbonyl (C=O) groups is 1. The van der Waals surface area contributed by atoms with Crippen molar-refractivity contribution in [2.45, 2.75) is 19.3 Å². The molecule has 0 saturated carbocycles. The van der Waals surface area contributed by atoms with Gasteiger partial charge in [0.2, 0.25) is 5.95 Å². The second kappa shape index (κ2) is 8.93. The Kier molecular flexibility index (Phi) is 6.22. The van der Waals surface area contributed by atoms with Crippen LogP contribution in [-0.4, -0.2) is 30.5 Å². The first-order chi connectivity index (χ1) is 15.2. The van der Waals surface area contributed by atoms with Crippen molar-refractivity contribution in [1.29, 1.82) is 0 Å². The molecule has 0 aliphatic rings. The van der Waals surface area contributed by atoms with Crippen LogP contribution in [0.25, 0.3) is 0 Å². The van der Waals surface area contributed by atoms with Crippen LogP contribution in [0.2, 0.25) is 10.0 Å². The normalized spacial score (nSPS) is 11.7. The summed E-state index contributed by atoms with van der Waals surface area (Å²) >= 11 is 13.5. The van der Waals surface area contributed by atoms with Gasteiger partial charge in [-0.1, -0.05) is 29.3 Å². The van der Waals surface area contributed by atoms with Gasteiger partial charge in [0.05, 0.1) is 18.0 Å². The van der Waals surface area contributed by atoms with Crippen LogP contribution in [0.4, 0.5) is 19.1 Å². The van der Waals surface area contributed by atoms with Crippen LogP contribution in [0.15, 0.2) is 48.2 Å². The summed E-state index contributed by atoms with van der Waals surface area (Å²) in [5, 5.41) is 12.9. The highest BCUT2D eigenvalue weighted by atomic mass is 35.5. The van der Waals surface area contributed by atoms with E-state index >= 15 is 0 Å². The molecule has 1 aromatic carbocycles. The fraction of sp³-hybridized carbons (Fsp3) is 0.158. The molecule has 1 N–H and O–H groups in total. The Bertz CT molecular complexity index is 1250. The zero-order valence-electron chi connectivity index (χ0n) is 16.0. The number of carbonyl (C=O) groups excluding carboxylic acids is 1. The molecule has 1 amide bonds. The Morgan fingerprint density at radius 2 is 1.84 bits per heavy atom. The number of benzene rings is 1. The second-order valence-corrected chi connectivity index (χ2v) is 8.36. The highest BCUT2D eigenvalue weighted by Gasteiger charge is 2.33. The molecule has 0 aliphatic carbocycles. The van der Waals surface area contributed by atoms with E-state index in [1.165, 1.54) is 17.2 Å². The van der Waals surface area contributed by atoms with Crippen LogP contribution in [0, 0.1) is 0 Å². The molecule has 166 valence electrons. The van der Waals surface area contributed by atoms with E-state index in [9.17, 15) is 18.0 Å². The summed E-state index contributed by atoms with van der Waals surface area (Å²) < 4.78 is 40.6. The summed E-state index contributed by atoms with van der Waals surface area (Å²) in [5.74, 6) is -0.346. The number of thiophene rings is 1. The molecule has 0 fully saturated rings. The molecular formula is C19H13Cl2F3N6OS. The van der Waals surface area contributed by atoms with Crippen LogP contribution >= 0.6 is 34.5 Å². The van der Waals surface area contributed by atoms with Gasteiger partial charge in [-0.3, -0.25) is 14.8 Å². The number of amides is 1. The fourth-order valence-electron chi connectivity index (χ4n) is 2.80. The maximum Gasteiger partial charge on any atom is 0.435 e. The number of anilines is 1. The molecule has 32 heavy (non-hydrogen) atoms. The van der Waals surface area contributed by atoms with Gasteiger partial charge in [0, 0.05) is 21.8 Å². The molecule has 3 aromatic heterocycles. The number of halogens is 5. The minimum Gasteiger partial charge on any atom is -0.288 e. The second-order valence-electron chi connectivity index (χ2n) is 6.64. The summed E-state index contributed by atoms with van der Waals surface area (Å²) in [6, 6.07) is 7.64. The molecule has 0 aliphatic heterocycles. The first kappa shape index (κ1) is 22.3. The number of nitrogens with zero attached hydrogens (tertiary/aromatic N) is 5. The smallest absolute Gasteiger partial charge is 0.288 e. The van der Waals surface area contributed by atoms with Gasteiger partial charge < -0.3 is 0 Å². The van der Waals surface area contributed by atoms with Gasteiger partial charge in [-0.2, -0.15) is 18.3 Å². The Hall–Kier alpha value is -2.89. The van der Waals surface area contributed by atoms with Gasteiger partial charge in [-0.05, 0) is 35.2 Å². The monoisotopic (exact) mass is 500 g/mol. The van der Waals surface area contributed by atoms with Gasteiger partial charge in [0.15, 0.2) is 5.69 Å². The summed E-state index contributed by atoms with van der Waals surface area (Å²) in [4.78, 5) is 16.9. The number of aromatic nitrogens is 5. The Morgan fingerprint density at radius 3 is 2.53 bits per heavy atom. The van der Waals surface area contributed by atoms with Crippen LogP contribution in [-0.2, 0) is 19.3 Å². The van der Waals surface area contributed by atoms with Crippen molar-refractivity contribution in [2.75, 3.05) is 5.32 Å². The molecule has 0 spiro atoms. The quantitative estimate of drug-likeness (QED) is 0.394. The van der Waals surface area contributed by atoms with Crippen molar-refractivity contribution in [1.82, 2.24) is 24.5 Å². The summed E-state index contributed by atoms with van der Waals surface area (Å²) in [7, 11) is 0. The van der Waals surface area contributed by atoms with Gasteiger partial charge in [0.25, 0.3) is 5.91 Å². The van der Waals surface area contributed by atoms with Crippen LogP contribution in [0.5, 0.6) is 0 Å². The molecule has 7 nitrogen and oxygen atoms in total. The van der Waals surface area contributed by atoms with Crippen molar-refractivity contribution >= 4 is 46.4 Å². The van der Waals surface area contributed by atoms with E-state index in [1.807, 2.05) is 0 Å². The summed E-state index contributed by atoms with van der Waals surface area (Å²) in [6.07, 6.45) is -1.83. The maximum atomic E-state index is 12.7. The van der Waals surface area contributed by atoms with E-state index in [4.69, 9.17) is 23.2 Å². The lowest BCUT2D eigenvalue weighted by molar-refractivity contribution is -0.141. The standard InChI is InChI=1S/C19H13Cl2F3N6OS/c20-13-2-1-3-14(21)12(13)8-30-10-25-18(28-30)26-17(31)15-6-11(9-32-15)7-29-5-4-16(27-29)19(22,23)24/h1-6,9-10H,7-8H2,(H,26,28,31). The van der Waals surface area contributed by atoms with Gasteiger partial charge >= 0.3 is 6.18 Å². The topological polar surface area (TPSA) is 77.6 Å². The van der Waals surface area contributed by atoms with Crippen LogP contribution in [0.3, 0.4) is 0 Å². The third-order valence-electron chi connectivity index (χ3n) is 4.30. The van der Waals surface area contributed by atoms with Crippen LogP contribution in [0.1, 0.15) is 26.5 Å². The predicted molar refractivity (Wildman–Crippen MR) is 114 cm³/mol. The Labute approximate surface area is 193 Å². The van der Waals surface area contributed by atoms with Gasteiger partial charge in [-0.25, -0.2) is 9.67 Å². The average molecular weight is 501 g/mol. The number of alkyl halides is 3. The van der Waals surface area contributed by atoms with E-state index in [0.29, 0.717) is 26.0 Å². The molecule has 0 saturated heterocycles. The number of hydrogen-bond acceptors (Lipinski definition) is 5. The lowest BCUT2D eigenvalue weighted by Gasteiger charge is -2.06. The first-order valence-corrected chi connectivity index (χ1v) is 10.6. The fourth-order valence-corrected chi connectivity index (χ4v) is 4.12. The van der Waals surface area contributed by atoms with Crippen LogP contribution < -0.4 is 5.32 Å². The largest absolute Gasteiger partial charge is 0.435 e. The maximum absolute atomic E-state index is 12.7. The summed E-state index contributed by atoms with van der Waals surface area (Å²) in [5.41, 5.74) is 0.350. The van der Waals surface area contributed by atoms with Crippen molar-refractivity contribution in [3.8, 4) is 0 Å². The number of hydrogen-bond donors (Lipinski definition) is 1.